The average molecular weight is 434 g/mol. The van der Waals surface area contributed by atoms with Crippen molar-refractivity contribution in [2.75, 3.05) is 12.3 Å². The third-order valence-electron chi connectivity index (χ3n) is 5.68. The Labute approximate surface area is 183 Å². The molecular formula is C23H23N5O2S. The van der Waals surface area contributed by atoms with E-state index in [0.29, 0.717) is 22.2 Å². The zero-order valence-corrected chi connectivity index (χ0v) is 18.3. The van der Waals surface area contributed by atoms with Crippen LogP contribution in [-0.4, -0.2) is 37.4 Å². The third kappa shape index (κ3) is 3.61. The largest absolute Gasteiger partial charge is 0.355 e. The number of thioether (sulfide) groups is 1. The Morgan fingerprint density at radius 1 is 1.10 bits per heavy atom. The van der Waals surface area contributed by atoms with Crippen molar-refractivity contribution < 1.29 is 4.79 Å². The van der Waals surface area contributed by atoms with Crippen molar-refractivity contribution in [3.63, 3.8) is 0 Å². The predicted octanol–water partition coefficient (Wildman–Crippen LogP) is 3.27. The van der Waals surface area contributed by atoms with E-state index in [0.717, 1.165) is 28.9 Å². The number of hydrogen-bond acceptors (Lipinski definition) is 5. The molecule has 0 spiro atoms. The molecule has 5 rings (SSSR count). The fourth-order valence-corrected chi connectivity index (χ4v) is 4.66. The summed E-state index contributed by atoms with van der Waals surface area (Å²) in [4.78, 5) is 25.7. The molecule has 4 aromatic rings. The minimum absolute atomic E-state index is 0.0129. The van der Waals surface area contributed by atoms with Gasteiger partial charge < -0.3 is 5.32 Å². The number of para-hydroxylation sites is 2. The zero-order valence-electron chi connectivity index (χ0n) is 17.5. The van der Waals surface area contributed by atoms with Gasteiger partial charge in [-0.2, -0.15) is 0 Å². The van der Waals surface area contributed by atoms with E-state index in [4.69, 9.17) is 0 Å². The quantitative estimate of drug-likeness (QED) is 0.472. The maximum Gasteiger partial charge on any atom is 0.267 e. The number of aromatic nitrogens is 4. The van der Waals surface area contributed by atoms with Gasteiger partial charge in [0, 0.05) is 6.54 Å². The lowest BCUT2D eigenvalue weighted by Gasteiger charge is -2.15. The number of nitrogens with one attached hydrogen (secondary N) is 1. The van der Waals surface area contributed by atoms with Crippen molar-refractivity contribution >= 4 is 34.3 Å². The normalized spacial score (nSPS) is 13.7. The first kappa shape index (κ1) is 19.8. The van der Waals surface area contributed by atoms with Gasteiger partial charge in [0.2, 0.25) is 11.7 Å². The van der Waals surface area contributed by atoms with Gasteiger partial charge in [0.15, 0.2) is 5.16 Å². The Hall–Kier alpha value is -3.13. The van der Waals surface area contributed by atoms with Crippen LogP contribution < -0.4 is 10.9 Å². The Morgan fingerprint density at radius 3 is 2.58 bits per heavy atom. The first-order valence-electron chi connectivity index (χ1n) is 10.4. The lowest BCUT2D eigenvalue weighted by Crippen LogP contribution is -2.27. The van der Waals surface area contributed by atoms with Crippen LogP contribution in [0.15, 0.2) is 52.4 Å². The number of carbonyl (C=O) groups is 1. The first-order valence-corrected chi connectivity index (χ1v) is 11.4. The Morgan fingerprint density at radius 2 is 1.84 bits per heavy atom. The molecule has 1 saturated carbocycles. The minimum Gasteiger partial charge on any atom is -0.355 e. The lowest BCUT2D eigenvalue weighted by molar-refractivity contribution is -0.118. The highest BCUT2D eigenvalue weighted by Gasteiger charge is 2.23. The molecule has 0 unspecified atom stereocenters. The van der Waals surface area contributed by atoms with E-state index >= 15 is 0 Å². The molecule has 1 amide bonds. The van der Waals surface area contributed by atoms with E-state index in [1.54, 1.807) is 4.57 Å². The SMILES string of the molecule is Cc1cccc(C)c1-n1c(=O)c2ccccc2n2c(SCC(=O)NCC3CC3)nnc12. The molecule has 8 heteroatoms. The average Bonchev–Trinajstić information content (AvgIpc) is 3.50. The van der Waals surface area contributed by atoms with Crippen LogP contribution in [0.25, 0.3) is 22.4 Å². The predicted molar refractivity (Wildman–Crippen MR) is 122 cm³/mol. The van der Waals surface area contributed by atoms with Gasteiger partial charge >= 0.3 is 0 Å². The summed E-state index contributed by atoms with van der Waals surface area (Å²) < 4.78 is 3.51. The summed E-state index contributed by atoms with van der Waals surface area (Å²) in [5.41, 5.74) is 3.38. The smallest absolute Gasteiger partial charge is 0.267 e. The number of carbonyl (C=O) groups excluding carboxylic acids is 1. The van der Waals surface area contributed by atoms with Crippen molar-refractivity contribution in [3.05, 3.63) is 63.9 Å². The number of fused-ring (bicyclic) bond motifs is 3. The van der Waals surface area contributed by atoms with Gasteiger partial charge in [-0.15, -0.1) is 10.2 Å². The molecule has 1 aliphatic carbocycles. The molecule has 1 fully saturated rings. The monoisotopic (exact) mass is 433 g/mol. The van der Waals surface area contributed by atoms with E-state index in [-0.39, 0.29) is 17.2 Å². The molecule has 0 aliphatic heterocycles. The number of benzene rings is 2. The van der Waals surface area contributed by atoms with E-state index < -0.39 is 0 Å². The molecule has 2 aromatic heterocycles. The molecule has 0 bridgehead atoms. The van der Waals surface area contributed by atoms with Gasteiger partial charge in [-0.25, -0.2) is 4.57 Å². The van der Waals surface area contributed by atoms with Crippen LogP contribution in [0.4, 0.5) is 0 Å². The number of amides is 1. The van der Waals surface area contributed by atoms with Gasteiger partial charge in [-0.05, 0) is 55.9 Å². The second-order valence-corrected chi connectivity index (χ2v) is 8.99. The van der Waals surface area contributed by atoms with Crippen LogP contribution in [-0.2, 0) is 4.79 Å². The summed E-state index contributed by atoms with van der Waals surface area (Å²) in [6, 6.07) is 13.4. The van der Waals surface area contributed by atoms with Gasteiger partial charge in [0.25, 0.3) is 5.56 Å². The Kier molecular flexibility index (Phi) is 5.02. The maximum atomic E-state index is 13.5. The van der Waals surface area contributed by atoms with E-state index in [2.05, 4.69) is 15.5 Å². The van der Waals surface area contributed by atoms with Gasteiger partial charge in [0.05, 0.1) is 22.3 Å². The number of aryl methyl sites for hydroxylation is 2. The minimum atomic E-state index is -0.133. The standard InChI is InChI=1S/C23H23N5O2S/c1-14-6-5-7-15(2)20(14)28-21(30)17-8-3-4-9-18(17)27-22(28)25-26-23(27)31-13-19(29)24-12-16-10-11-16/h3-9,16H,10-13H2,1-2H3,(H,24,29). The summed E-state index contributed by atoms with van der Waals surface area (Å²) in [6.07, 6.45) is 2.40. The maximum absolute atomic E-state index is 13.5. The molecule has 0 radical (unpaired) electrons. The molecule has 1 N–H and O–H groups in total. The highest BCUT2D eigenvalue weighted by molar-refractivity contribution is 7.99. The summed E-state index contributed by atoms with van der Waals surface area (Å²) >= 11 is 1.33. The highest BCUT2D eigenvalue weighted by Crippen LogP contribution is 2.28. The van der Waals surface area contributed by atoms with Crippen LogP contribution in [0.3, 0.4) is 0 Å². The number of rotatable bonds is 6. The van der Waals surface area contributed by atoms with Crippen LogP contribution in [0.5, 0.6) is 0 Å². The number of hydrogen-bond donors (Lipinski definition) is 1. The molecule has 158 valence electrons. The summed E-state index contributed by atoms with van der Waals surface area (Å²) in [5.74, 6) is 1.33. The highest BCUT2D eigenvalue weighted by atomic mass is 32.2. The van der Waals surface area contributed by atoms with Crippen LogP contribution in [0.1, 0.15) is 24.0 Å². The molecule has 0 saturated heterocycles. The first-order chi connectivity index (χ1) is 15.0. The molecule has 2 aromatic carbocycles. The van der Waals surface area contributed by atoms with E-state index in [1.165, 1.54) is 24.6 Å². The Bertz CT molecular complexity index is 1350. The van der Waals surface area contributed by atoms with Crippen molar-refractivity contribution in [1.82, 2.24) is 24.5 Å². The van der Waals surface area contributed by atoms with Gasteiger partial charge in [-0.1, -0.05) is 42.1 Å². The van der Waals surface area contributed by atoms with Crippen molar-refractivity contribution in [3.8, 4) is 5.69 Å². The molecule has 1 aliphatic rings. The fourth-order valence-electron chi connectivity index (χ4n) is 3.89. The lowest BCUT2D eigenvalue weighted by atomic mass is 10.1. The molecule has 2 heterocycles. The van der Waals surface area contributed by atoms with E-state index in [1.807, 2.05) is 60.7 Å². The van der Waals surface area contributed by atoms with Gasteiger partial charge in [-0.3, -0.25) is 14.0 Å². The molecule has 0 atom stereocenters. The topological polar surface area (TPSA) is 81.3 Å². The molecular weight excluding hydrogens is 410 g/mol. The Balaban J connectivity index is 1.64. The van der Waals surface area contributed by atoms with Gasteiger partial charge in [0.1, 0.15) is 0 Å². The van der Waals surface area contributed by atoms with Crippen molar-refractivity contribution in [2.24, 2.45) is 5.92 Å². The third-order valence-corrected chi connectivity index (χ3v) is 6.60. The van der Waals surface area contributed by atoms with E-state index in [9.17, 15) is 9.59 Å². The second kappa shape index (κ2) is 7.85. The van der Waals surface area contributed by atoms with Crippen molar-refractivity contribution in [1.29, 1.82) is 0 Å². The molecule has 31 heavy (non-hydrogen) atoms. The van der Waals surface area contributed by atoms with Crippen LogP contribution in [0.2, 0.25) is 0 Å². The van der Waals surface area contributed by atoms with Crippen LogP contribution >= 0.6 is 11.8 Å². The van der Waals surface area contributed by atoms with Crippen molar-refractivity contribution in [2.45, 2.75) is 31.8 Å². The molecule has 7 nitrogen and oxygen atoms in total. The zero-order chi connectivity index (χ0) is 21.5. The summed E-state index contributed by atoms with van der Waals surface area (Å²) in [6.45, 7) is 4.71. The van der Waals surface area contributed by atoms with Crippen LogP contribution in [0, 0.1) is 19.8 Å². The summed E-state index contributed by atoms with van der Waals surface area (Å²) in [5, 5.41) is 12.9. The fraction of sp³-hybridized carbons (Fsp3) is 0.304. The second-order valence-electron chi connectivity index (χ2n) is 8.05. The summed E-state index contributed by atoms with van der Waals surface area (Å²) in [7, 11) is 0. The number of nitrogens with zero attached hydrogens (tertiary/aromatic N) is 4.